The third kappa shape index (κ3) is 4.39. The first-order valence-electron chi connectivity index (χ1n) is 13.3. The molecule has 5 heterocycles. The number of nitrogen functional groups attached to an aromatic ring is 1. The van der Waals surface area contributed by atoms with Gasteiger partial charge in [0.1, 0.15) is 23.3 Å². The molecule has 3 N–H and O–H groups in total. The Bertz CT molecular complexity index is 1940. The first-order chi connectivity index (χ1) is 19.9. The fraction of sp³-hybridized carbons (Fsp3) is 0.161. The maximum absolute atomic E-state index is 12.9. The fourth-order valence-electron chi connectivity index (χ4n) is 5.32. The molecule has 1 aliphatic rings. The Kier molecular flexibility index (Phi) is 5.81. The van der Waals surface area contributed by atoms with E-state index >= 15 is 0 Å². The number of oxazole rings is 1. The zero-order chi connectivity index (χ0) is 28.1. The van der Waals surface area contributed by atoms with Crippen molar-refractivity contribution in [3.63, 3.8) is 0 Å². The molecular formula is C31H26N8O2. The monoisotopic (exact) mass is 542 g/mol. The molecule has 10 nitrogen and oxygen atoms in total. The highest BCUT2D eigenvalue weighted by atomic mass is 16.3. The Hall–Kier alpha value is -5.38. The highest BCUT2D eigenvalue weighted by molar-refractivity contribution is 5.94. The number of nitrogens with zero attached hydrogens (tertiary/aromatic N) is 6. The number of benzene rings is 1. The minimum atomic E-state index is -0.132. The van der Waals surface area contributed by atoms with Crippen LogP contribution in [-0.2, 0) is 6.42 Å². The Morgan fingerprint density at radius 2 is 1.93 bits per heavy atom. The number of anilines is 1. The third-order valence-corrected chi connectivity index (χ3v) is 7.36. The number of aryl methyl sites for hydroxylation is 3. The second kappa shape index (κ2) is 9.67. The second-order valence-electron chi connectivity index (χ2n) is 10.2. The number of aromatic nitrogens is 6. The van der Waals surface area contributed by atoms with Gasteiger partial charge in [-0.3, -0.25) is 14.3 Å². The molecule has 0 bridgehead atoms. The van der Waals surface area contributed by atoms with Crippen molar-refractivity contribution in [2.45, 2.75) is 32.7 Å². The van der Waals surface area contributed by atoms with E-state index in [1.54, 1.807) is 24.7 Å². The molecule has 6 aromatic rings. The zero-order valence-electron chi connectivity index (χ0n) is 22.5. The molecular weight excluding hydrogens is 516 g/mol. The van der Waals surface area contributed by atoms with E-state index in [1.807, 2.05) is 54.8 Å². The van der Waals surface area contributed by atoms with Crippen LogP contribution in [0.3, 0.4) is 0 Å². The molecule has 0 fully saturated rings. The van der Waals surface area contributed by atoms with Gasteiger partial charge in [0.15, 0.2) is 11.5 Å². The van der Waals surface area contributed by atoms with Gasteiger partial charge in [-0.2, -0.15) is 0 Å². The number of nitrogens with one attached hydrogen (secondary N) is 1. The van der Waals surface area contributed by atoms with Gasteiger partial charge >= 0.3 is 0 Å². The van der Waals surface area contributed by atoms with E-state index in [-0.39, 0.29) is 11.9 Å². The zero-order valence-corrected chi connectivity index (χ0v) is 22.5. The van der Waals surface area contributed by atoms with E-state index in [1.165, 1.54) is 0 Å². The summed E-state index contributed by atoms with van der Waals surface area (Å²) in [5, 5.41) is 3.17. The lowest BCUT2D eigenvalue weighted by molar-refractivity contribution is 0.0936. The third-order valence-electron chi connectivity index (χ3n) is 7.36. The van der Waals surface area contributed by atoms with Crippen LogP contribution in [0.4, 0.5) is 5.82 Å². The molecule has 0 saturated heterocycles. The highest BCUT2D eigenvalue weighted by Gasteiger charge is 2.26. The summed E-state index contributed by atoms with van der Waals surface area (Å²) in [6, 6.07) is 17.3. The predicted molar refractivity (Wildman–Crippen MR) is 154 cm³/mol. The van der Waals surface area contributed by atoms with Crippen molar-refractivity contribution in [3.05, 3.63) is 101 Å². The maximum atomic E-state index is 12.9. The summed E-state index contributed by atoms with van der Waals surface area (Å²) in [6.07, 6.45) is 6.50. The van der Waals surface area contributed by atoms with E-state index in [9.17, 15) is 4.79 Å². The quantitative estimate of drug-likeness (QED) is 0.305. The van der Waals surface area contributed by atoms with Crippen LogP contribution in [0.1, 0.15) is 45.3 Å². The van der Waals surface area contributed by atoms with Crippen molar-refractivity contribution in [1.82, 2.24) is 34.8 Å². The summed E-state index contributed by atoms with van der Waals surface area (Å²) in [4.78, 5) is 35.7. The van der Waals surface area contributed by atoms with E-state index in [2.05, 4.69) is 32.4 Å². The minimum Gasteiger partial charge on any atom is -0.443 e. The standard InChI is InChI=1S/C31H26N8O2/c1-17-5-6-20(15-34-17)30(40)38-24-10-7-19-14-21(8-9-22(19)24)39-28(23-4-3-13-33-27(23)32)36-25-11-12-26(37-29(25)39)31-35-18(2)16-41-31/h3-6,8-9,11-16,24H,7,10H2,1-2H3,(H2,32,33)(H,38,40)/t24-/m0/s1. The Labute approximate surface area is 235 Å². The molecule has 202 valence electrons. The second-order valence-corrected chi connectivity index (χ2v) is 10.2. The van der Waals surface area contributed by atoms with E-state index in [0.29, 0.717) is 45.5 Å². The smallest absolute Gasteiger partial charge is 0.253 e. The SMILES string of the molecule is Cc1ccc(C(=O)N[C@H]2CCc3cc(-n4c(-c5cccnc5N)nc5ccc(-c6nc(C)co6)nc54)ccc32)cn1. The Balaban J connectivity index is 1.31. The molecule has 1 atom stereocenters. The van der Waals surface area contributed by atoms with Gasteiger partial charge in [0.2, 0.25) is 5.89 Å². The summed E-state index contributed by atoms with van der Waals surface area (Å²) in [5.74, 6) is 1.32. The summed E-state index contributed by atoms with van der Waals surface area (Å²) in [5.41, 5.74) is 14.3. The van der Waals surface area contributed by atoms with Gasteiger partial charge in [0.25, 0.3) is 5.91 Å². The summed E-state index contributed by atoms with van der Waals surface area (Å²) < 4.78 is 7.62. The van der Waals surface area contributed by atoms with Crippen LogP contribution in [-0.4, -0.2) is 35.4 Å². The van der Waals surface area contributed by atoms with Gasteiger partial charge in [-0.1, -0.05) is 6.07 Å². The van der Waals surface area contributed by atoms with Crippen molar-refractivity contribution < 1.29 is 9.21 Å². The number of nitrogens with two attached hydrogens (primary N) is 1. The Morgan fingerprint density at radius 3 is 2.71 bits per heavy atom. The highest BCUT2D eigenvalue weighted by Crippen LogP contribution is 2.36. The Morgan fingerprint density at radius 1 is 1.02 bits per heavy atom. The summed E-state index contributed by atoms with van der Waals surface area (Å²) in [7, 11) is 0. The van der Waals surface area contributed by atoms with Gasteiger partial charge < -0.3 is 15.5 Å². The van der Waals surface area contributed by atoms with Crippen LogP contribution >= 0.6 is 0 Å². The van der Waals surface area contributed by atoms with Gasteiger partial charge in [-0.15, -0.1) is 0 Å². The average molecular weight is 543 g/mol. The lowest BCUT2D eigenvalue weighted by Gasteiger charge is -2.16. The molecule has 41 heavy (non-hydrogen) atoms. The lowest BCUT2D eigenvalue weighted by Crippen LogP contribution is -2.27. The average Bonchev–Trinajstić information content (AvgIpc) is 3.70. The molecule has 7 rings (SSSR count). The molecule has 0 unspecified atom stereocenters. The normalized spacial score (nSPS) is 14.3. The van der Waals surface area contributed by atoms with Crippen molar-refractivity contribution >= 4 is 22.9 Å². The number of fused-ring (bicyclic) bond motifs is 2. The van der Waals surface area contributed by atoms with Gasteiger partial charge in [0.05, 0.1) is 22.9 Å². The topological polar surface area (TPSA) is 138 Å². The molecule has 0 saturated carbocycles. The molecule has 1 amide bonds. The molecule has 0 aliphatic heterocycles. The van der Waals surface area contributed by atoms with Crippen LogP contribution in [0.2, 0.25) is 0 Å². The number of hydrogen-bond donors (Lipinski definition) is 2. The summed E-state index contributed by atoms with van der Waals surface area (Å²) >= 11 is 0. The van der Waals surface area contributed by atoms with E-state index in [0.717, 1.165) is 41.0 Å². The fourth-order valence-corrected chi connectivity index (χ4v) is 5.32. The number of pyridine rings is 3. The van der Waals surface area contributed by atoms with Gasteiger partial charge in [-0.05, 0) is 86.3 Å². The van der Waals surface area contributed by atoms with Gasteiger partial charge in [0, 0.05) is 23.8 Å². The number of carbonyl (C=O) groups excluding carboxylic acids is 1. The largest absolute Gasteiger partial charge is 0.443 e. The van der Waals surface area contributed by atoms with Crippen molar-refractivity contribution in [3.8, 4) is 28.7 Å². The van der Waals surface area contributed by atoms with E-state index < -0.39 is 0 Å². The van der Waals surface area contributed by atoms with E-state index in [4.69, 9.17) is 20.1 Å². The molecule has 10 heteroatoms. The van der Waals surface area contributed by atoms with Crippen molar-refractivity contribution in [1.29, 1.82) is 0 Å². The number of amides is 1. The number of carbonyl (C=O) groups is 1. The van der Waals surface area contributed by atoms with Crippen LogP contribution in [0.25, 0.3) is 39.8 Å². The molecule has 0 radical (unpaired) electrons. The predicted octanol–water partition coefficient (Wildman–Crippen LogP) is 5.15. The number of hydrogen-bond acceptors (Lipinski definition) is 8. The lowest BCUT2D eigenvalue weighted by atomic mass is 10.1. The number of rotatable bonds is 5. The number of imidazole rings is 1. The van der Waals surface area contributed by atoms with Gasteiger partial charge in [-0.25, -0.2) is 19.9 Å². The first kappa shape index (κ1) is 24.6. The molecule has 0 spiro atoms. The minimum absolute atomic E-state index is 0.0844. The maximum Gasteiger partial charge on any atom is 0.253 e. The van der Waals surface area contributed by atoms with Crippen LogP contribution < -0.4 is 11.1 Å². The molecule has 1 aliphatic carbocycles. The van der Waals surface area contributed by atoms with Crippen molar-refractivity contribution in [2.24, 2.45) is 0 Å². The van der Waals surface area contributed by atoms with Crippen LogP contribution in [0.15, 0.2) is 77.7 Å². The summed E-state index contributed by atoms with van der Waals surface area (Å²) in [6.45, 7) is 3.77. The van der Waals surface area contributed by atoms with Crippen LogP contribution in [0.5, 0.6) is 0 Å². The van der Waals surface area contributed by atoms with Crippen molar-refractivity contribution in [2.75, 3.05) is 5.73 Å². The molecule has 1 aromatic carbocycles. The first-order valence-corrected chi connectivity index (χ1v) is 13.3. The molecule has 5 aromatic heterocycles. The van der Waals surface area contributed by atoms with Crippen LogP contribution in [0, 0.1) is 13.8 Å².